The fraction of sp³-hybridized carbons (Fsp3) is 0.235. The van der Waals surface area contributed by atoms with Crippen LogP contribution in [0.3, 0.4) is 0 Å². The van der Waals surface area contributed by atoms with Gasteiger partial charge in [0, 0.05) is 10.8 Å². The van der Waals surface area contributed by atoms with Crippen molar-refractivity contribution in [3.63, 3.8) is 0 Å². The smallest absolute Gasteiger partial charge is 0.199 e. The van der Waals surface area contributed by atoms with E-state index >= 15 is 0 Å². The number of aliphatic hydroxyl groups is 1. The predicted octanol–water partition coefficient (Wildman–Crippen LogP) is 3.30. The van der Waals surface area contributed by atoms with E-state index in [9.17, 15) is 9.90 Å². The van der Waals surface area contributed by atoms with Gasteiger partial charge in [-0.25, -0.2) is 0 Å². The van der Waals surface area contributed by atoms with Crippen molar-refractivity contribution in [3.05, 3.63) is 42.0 Å². The summed E-state index contributed by atoms with van der Waals surface area (Å²) in [6, 6.07) is 11.1. The molecule has 0 amide bonds. The van der Waals surface area contributed by atoms with Crippen LogP contribution in [0.4, 0.5) is 0 Å². The number of Topliss-reactive ketones (excluding diaryl/α,β-unsaturated/α-hetero) is 1. The van der Waals surface area contributed by atoms with Crippen LogP contribution in [0.2, 0.25) is 0 Å². The first-order chi connectivity index (χ1) is 9.99. The van der Waals surface area contributed by atoms with E-state index in [4.69, 9.17) is 9.15 Å². The number of carbonyl (C=O) groups excluding carboxylic acids is 1. The van der Waals surface area contributed by atoms with E-state index < -0.39 is 11.7 Å². The van der Waals surface area contributed by atoms with Gasteiger partial charge in [0.25, 0.3) is 0 Å². The van der Waals surface area contributed by atoms with Crippen molar-refractivity contribution in [3.8, 4) is 5.75 Å². The molecule has 1 N–H and O–H groups in total. The third-order valence-electron chi connectivity index (χ3n) is 4.03. The Bertz CT molecular complexity index is 888. The first-order valence-electron chi connectivity index (χ1n) is 6.84. The molecule has 4 nitrogen and oxygen atoms in total. The van der Waals surface area contributed by atoms with Crippen molar-refractivity contribution >= 4 is 27.7 Å². The van der Waals surface area contributed by atoms with Crippen LogP contribution in [0, 0.1) is 0 Å². The molecule has 0 spiro atoms. The number of fused-ring (bicyclic) bond motifs is 5. The van der Waals surface area contributed by atoms with Crippen LogP contribution in [0.25, 0.3) is 21.9 Å². The number of carbonyl (C=O) groups is 1. The zero-order valence-electron chi connectivity index (χ0n) is 11.7. The Morgan fingerprint density at radius 3 is 2.67 bits per heavy atom. The minimum absolute atomic E-state index is 0.321. The second-order valence-electron chi connectivity index (χ2n) is 5.88. The van der Waals surface area contributed by atoms with E-state index in [1.807, 2.05) is 24.3 Å². The summed E-state index contributed by atoms with van der Waals surface area (Å²) in [5.74, 6) is 0.174. The number of para-hydroxylation sites is 1. The SMILES string of the molecule is CC1(C)Oc2ccc3oc4ccccc4c3c2C(=O)C1O. The molecule has 0 fully saturated rings. The highest BCUT2D eigenvalue weighted by atomic mass is 16.5. The second kappa shape index (κ2) is 3.86. The first-order valence-corrected chi connectivity index (χ1v) is 6.84. The van der Waals surface area contributed by atoms with Crippen LogP contribution in [-0.4, -0.2) is 22.6 Å². The zero-order valence-corrected chi connectivity index (χ0v) is 11.7. The molecule has 4 heteroatoms. The number of hydrogen-bond donors (Lipinski definition) is 1. The molecule has 0 bridgehead atoms. The fourth-order valence-electron chi connectivity index (χ4n) is 2.92. The molecule has 0 saturated carbocycles. The Hall–Kier alpha value is -2.33. The Kier molecular flexibility index (Phi) is 2.28. The van der Waals surface area contributed by atoms with Crippen molar-refractivity contribution in [2.24, 2.45) is 0 Å². The summed E-state index contributed by atoms with van der Waals surface area (Å²) in [6.07, 6.45) is -1.19. The third-order valence-corrected chi connectivity index (χ3v) is 4.03. The summed E-state index contributed by atoms with van der Waals surface area (Å²) in [5.41, 5.74) is 0.813. The number of hydrogen-bond acceptors (Lipinski definition) is 4. The predicted molar refractivity (Wildman–Crippen MR) is 78.8 cm³/mol. The molecule has 106 valence electrons. The molecule has 1 aromatic heterocycles. The lowest BCUT2D eigenvalue weighted by Crippen LogP contribution is -2.50. The second-order valence-corrected chi connectivity index (χ2v) is 5.88. The first kappa shape index (κ1) is 12.4. The summed E-state index contributed by atoms with van der Waals surface area (Å²) in [6.45, 7) is 3.41. The van der Waals surface area contributed by atoms with Gasteiger partial charge in [-0.05, 0) is 32.0 Å². The normalized spacial score (nSPS) is 20.5. The zero-order chi connectivity index (χ0) is 14.8. The molecule has 0 saturated heterocycles. The van der Waals surface area contributed by atoms with Crippen molar-refractivity contribution in [2.75, 3.05) is 0 Å². The number of benzene rings is 2. The highest BCUT2D eigenvalue weighted by Crippen LogP contribution is 2.41. The Morgan fingerprint density at radius 2 is 1.86 bits per heavy atom. The number of ether oxygens (including phenoxy) is 1. The van der Waals surface area contributed by atoms with E-state index in [-0.39, 0.29) is 5.78 Å². The van der Waals surface area contributed by atoms with Crippen LogP contribution in [0.15, 0.2) is 40.8 Å². The van der Waals surface area contributed by atoms with E-state index in [1.54, 1.807) is 26.0 Å². The van der Waals surface area contributed by atoms with Gasteiger partial charge < -0.3 is 14.3 Å². The van der Waals surface area contributed by atoms with E-state index in [0.29, 0.717) is 27.9 Å². The molecule has 3 aromatic rings. The summed E-state index contributed by atoms with van der Waals surface area (Å²) >= 11 is 0. The van der Waals surface area contributed by atoms with Gasteiger partial charge in [-0.15, -0.1) is 0 Å². The largest absolute Gasteiger partial charge is 0.484 e. The molecule has 4 rings (SSSR count). The van der Waals surface area contributed by atoms with Crippen molar-refractivity contribution in [1.82, 2.24) is 0 Å². The lowest BCUT2D eigenvalue weighted by molar-refractivity contribution is -0.0246. The van der Waals surface area contributed by atoms with Gasteiger partial charge >= 0.3 is 0 Å². The monoisotopic (exact) mass is 282 g/mol. The topological polar surface area (TPSA) is 59.7 Å². The van der Waals surface area contributed by atoms with Gasteiger partial charge in [0.05, 0.1) is 5.56 Å². The maximum atomic E-state index is 12.6. The van der Waals surface area contributed by atoms with Crippen LogP contribution in [0.1, 0.15) is 24.2 Å². The molecular weight excluding hydrogens is 268 g/mol. The van der Waals surface area contributed by atoms with Gasteiger partial charge in [-0.3, -0.25) is 4.79 Å². The Morgan fingerprint density at radius 1 is 1.10 bits per heavy atom. The number of rotatable bonds is 0. The van der Waals surface area contributed by atoms with E-state index in [0.717, 1.165) is 5.39 Å². The molecule has 1 aliphatic heterocycles. The fourth-order valence-corrected chi connectivity index (χ4v) is 2.92. The summed E-state index contributed by atoms with van der Waals surface area (Å²) in [5, 5.41) is 11.8. The average Bonchev–Trinajstić information content (AvgIpc) is 2.83. The molecule has 2 aromatic carbocycles. The van der Waals surface area contributed by atoms with Gasteiger partial charge in [0.2, 0.25) is 0 Å². The summed E-state index contributed by atoms with van der Waals surface area (Å²) in [7, 11) is 0. The van der Waals surface area contributed by atoms with E-state index in [2.05, 4.69) is 0 Å². The van der Waals surface area contributed by atoms with E-state index in [1.165, 1.54) is 0 Å². The van der Waals surface area contributed by atoms with Crippen LogP contribution >= 0.6 is 0 Å². The van der Waals surface area contributed by atoms with Crippen LogP contribution < -0.4 is 4.74 Å². The van der Waals surface area contributed by atoms with Gasteiger partial charge in [0.15, 0.2) is 11.9 Å². The minimum atomic E-state index is -1.19. The Labute approximate surface area is 120 Å². The number of ketones is 1. The van der Waals surface area contributed by atoms with Crippen LogP contribution in [-0.2, 0) is 0 Å². The number of furan rings is 1. The highest BCUT2D eigenvalue weighted by Gasteiger charge is 2.43. The lowest BCUT2D eigenvalue weighted by atomic mass is 9.88. The molecule has 1 atom stereocenters. The van der Waals surface area contributed by atoms with Crippen molar-refractivity contribution in [2.45, 2.75) is 25.6 Å². The number of aliphatic hydroxyl groups excluding tert-OH is 1. The standard InChI is InChI=1S/C17H14O4/c1-17(2)16(19)15(18)14-12(21-17)8-7-11-13(14)9-5-3-4-6-10(9)20-11/h3-8,16,19H,1-2H3. The van der Waals surface area contributed by atoms with Gasteiger partial charge in [-0.1, -0.05) is 18.2 Å². The molecule has 0 radical (unpaired) electrons. The lowest BCUT2D eigenvalue weighted by Gasteiger charge is -2.35. The summed E-state index contributed by atoms with van der Waals surface area (Å²) < 4.78 is 11.6. The Balaban J connectivity index is 2.14. The third kappa shape index (κ3) is 1.56. The average molecular weight is 282 g/mol. The molecule has 2 heterocycles. The minimum Gasteiger partial charge on any atom is -0.484 e. The molecule has 1 aliphatic rings. The van der Waals surface area contributed by atoms with Crippen molar-refractivity contribution < 1.29 is 19.1 Å². The molecular formula is C17H14O4. The van der Waals surface area contributed by atoms with Crippen molar-refractivity contribution in [1.29, 1.82) is 0 Å². The quantitative estimate of drug-likeness (QED) is 0.687. The highest BCUT2D eigenvalue weighted by molar-refractivity contribution is 6.20. The molecule has 0 aliphatic carbocycles. The molecule has 21 heavy (non-hydrogen) atoms. The maximum absolute atomic E-state index is 12.6. The maximum Gasteiger partial charge on any atom is 0.199 e. The summed E-state index contributed by atoms with van der Waals surface area (Å²) in [4.78, 5) is 12.6. The van der Waals surface area contributed by atoms with Gasteiger partial charge in [0.1, 0.15) is 22.5 Å². The van der Waals surface area contributed by atoms with Gasteiger partial charge in [-0.2, -0.15) is 0 Å². The molecule has 1 unspecified atom stereocenters. The van der Waals surface area contributed by atoms with Crippen LogP contribution in [0.5, 0.6) is 5.75 Å².